The van der Waals surface area contributed by atoms with E-state index in [2.05, 4.69) is 56.1 Å². The van der Waals surface area contributed by atoms with Crippen LogP contribution in [0.4, 0.5) is 11.4 Å². The molecule has 1 aliphatic heterocycles. The summed E-state index contributed by atoms with van der Waals surface area (Å²) < 4.78 is 0. The Morgan fingerprint density at radius 1 is 1.17 bits per heavy atom. The molecule has 0 saturated carbocycles. The third-order valence-corrected chi connectivity index (χ3v) is 5.62. The van der Waals surface area contributed by atoms with Crippen molar-refractivity contribution in [3.05, 3.63) is 70.3 Å². The van der Waals surface area contributed by atoms with Gasteiger partial charge in [0, 0.05) is 23.5 Å². The van der Waals surface area contributed by atoms with Gasteiger partial charge >= 0.3 is 0 Å². The Bertz CT molecular complexity index is 1100. The average molecular weight is 400 g/mol. The number of benzene rings is 2. The van der Waals surface area contributed by atoms with Crippen LogP contribution in [0.15, 0.2) is 48.0 Å². The summed E-state index contributed by atoms with van der Waals surface area (Å²) in [7, 11) is 0. The summed E-state index contributed by atoms with van der Waals surface area (Å²) in [6.07, 6.45) is 3.92. The van der Waals surface area contributed by atoms with E-state index in [1.807, 2.05) is 44.2 Å². The number of nitrogens with zero attached hydrogens (tertiary/aromatic N) is 2. The van der Waals surface area contributed by atoms with E-state index in [1.54, 1.807) is 6.08 Å². The fourth-order valence-electron chi connectivity index (χ4n) is 4.23. The van der Waals surface area contributed by atoms with Gasteiger partial charge in [0.05, 0.1) is 5.54 Å². The normalized spacial score (nSPS) is 15.2. The summed E-state index contributed by atoms with van der Waals surface area (Å²) >= 11 is 0. The van der Waals surface area contributed by atoms with Crippen LogP contribution in [0.2, 0.25) is 0 Å². The highest BCUT2D eigenvalue weighted by molar-refractivity contribution is 6.10. The van der Waals surface area contributed by atoms with Gasteiger partial charge in [-0.05, 0) is 82.5 Å². The second kappa shape index (κ2) is 8.20. The summed E-state index contributed by atoms with van der Waals surface area (Å²) in [4.78, 5) is 15.1. The molecule has 2 aromatic rings. The minimum Gasteiger partial charge on any atom is -0.363 e. The van der Waals surface area contributed by atoms with Gasteiger partial charge in [0.15, 0.2) is 0 Å². The van der Waals surface area contributed by atoms with Crippen molar-refractivity contribution in [1.29, 1.82) is 5.26 Å². The van der Waals surface area contributed by atoms with Crippen LogP contribution in [-0.4, -0.2) is 18.0 Å². The Hall–Kier alpha value is -3.32. The molecule has 0 saturated heterocycles. The third-order valence-electron chi connectivity index (χ3n) is 5.62. The number of allylic oxidation sites excluding steroid dienone is 1. The number of nitriles is 1. The van der Waals surface area contributed by atoms with Crippen molar-refractivity contribution in [3.63, 3.8) is 0 Å². The molecule has 3 rings (SSSR count). The Balaban J connectivity index is 1.93. The third kappa shape index (κ3) is 4.16. The number of fused-ring (bicyclic) bond motifs is 1. The first kappa shape index (κ1) is 21.4. The zero-order valence-electron chi connectivity index (χ0n) is 18.6. The van der Waals surface area contributed by atoms with E-state index < -0.39 is 5.91 Å². The predicted molar refractivity (Wildman–Crippen MR) is 125 cm³/mol. The summed E-state index contributed by atoms with van der Waals surface area (Å²) in [5, 5.41) is 12.4. The maximum absolute atomic E-state index is 12.7. The summed E-state index contributed by atoms with van der Waals surface area (Å²) in [6.45, 7) is 13.5. The molecule has 2 aromatic carbocycles. The van der Waals surface area contributed by atoms with Crippen molar-refractivity contribution in [2.24, 2.45) is 0 Å². The number of hydrogen-bond acceptors (Lipinski definition) is 3. The summed E-state index contributed by atoms with van der Waals surface area (Å²) in [5.41, 5.74) is 7.21. The van der Waals surface area contributed by atoms with E-state index in [1.165, 1.54) is 11.3 Å². The maximum Gasteiger partial charge on any atom is 0.266 e. The number of anilines is 2. The Kier molecular flexibility index (Phi) is 5.85. The zero-order valence-corrected chi connectivity index (χ0v) is 18.6. The van der Waals surface area contributed by atoms with Crippen LogP contribution in [0.5, 0.6) is 0 Å². The number of nitrogens with one attached hydrogen (secondary N) is 1. The summed E-state index contributed by atoms with van der Waals surface area (Å²) in [6, 6.07) is 14.0. The lowest BCUT2D eigenvalue weighted by atomic mass is 9.88. The van der Waals surface area contributed by atoms with Gasteiger partial charge in [-0.25, -0.2) is 0 Å². The smallest absolute Gasteiger partial charge is 0.266 e. The lowest BCUT2D eigenvalue weighted by Gasteiger charge is -2.42. The topological polar surface area (TPSA) is 56.1 Å². The molecule has 0 unspecified atom stereocenters. The number of amides is 1. The second-order valence-electron chi connectivity index (χ2n) is 8.44. The molecule has 0 bridgehead atoms. The van der Waals surface area contributed by atoms with Gasteiger partial charge in [0.2, 0.25) is 0 Å². The molecule has 4 heteroatoms. The van der Waals surface area contributed by atoms with E-state index in [0.29, 0.717) is 0 Å². The van der Waals surface area contributed by atoms with Crippen LogP contribution >= 0.6 is 0 Å². The molecule has 0 aliphatic carbocycles. The molecule has 0 spiro atoms. The van der Waals surface area contributed by atoms with Crippen LogP contribution in [0.25, 0.3) is 11.6 Å². The number of carbonyl (C=O) groups excluding carboxylic acids is 1. The van der Waals surface area contributed by atoms with Gasteiger partial charge in [-0.15, -0.1) is 0 Å². The monoisotopic (exact) mass is 399 g/mol. The molecular weight excluding hydrogens is 370 g/mol. The molecule has 1 amide bonds. The molecule has 0 aromatic heterocycles. The highest BCUT2D eigenvalue weighted by Crippen LogP contribution is 2.39. The van der Waals surface area contributed by atoms with Crippen LogP contribution in [0.3, 0.4) is 0 Å². The largest absolute Gasteiger partial charge is 0.363 e. The van der Waals surface area contributed by atoms with Crippen molar-refractivity contribution in [2.45, 2.75) is 47.1 Å². The van der Waals surface area contributed by atoms with Crippen LogP contribution in [0.1, 0.15) is 49.9 Å². The van der Waals surface area contributed by atoms with E-state index in [0.717, 1.165) is 34.5 Å². The minimum absolute atomic E-state index is 0.0488. The maximum atomic E-state index is 12.7. The van der Waals surface area contributed by atoms with E-state index in [9.17, 15) is 10.1 Å². The highest BCUT2D eigenvalue weighted by atomic mass is 16.1. The lowest BCUT2D eigenvalue weighted by molar-refractivity contribution is -0.112. The molecular formula is C26H29N3O. The minimum atomic E-state index is -0.397. The van der Waals surface area contributed by atoms with Crippen molar-refractivity contribution < 1.29 is 4.79 Å². The number of carbonyl (C=O) groups is 1. The van der Waals surface area contributed by atoms with Gasteiger partial charge < -0.3 is 10.2 Å². The standard InChI is InChI=1S/C26H29N3O/c1-7-29-24-11-9-20(14-22(24)19(4)15-26(29,5)6)13-21(16-27)25(30)28-23-10-8-17(2)12-18(23)3/h8-15H,7H2,1-6H3,(H,28,30)/b21-13+. The molecule has 30 heavy (non-hydrogen) atoms. The van der Waals surface area contributed by atoms with Crippen molar-refractivity contribution >= 4 is 28.9 Å². The lowest BCUT2D eigenvalue weighted by Crippen LogP contribution is -2.44. The van der Waals surface area contributed by atoms with Gasteiger partial charge in [-0.2, -0.15) is 5.26 Å². The van der Waals surface area contributed by atoms with E-state index in [-0.39, 0.29) is 11.1 Å². The highest BCUT2D eigenvalue weighted by Gasteiger charge is 2.30. The quantitative estimate of drug-likeness (QED) is 0.517. The van der Waals surface area contributed by atoms with E-state index in [4.69, 9.17) is 0 Å². The number of aryl methyl sites for hydroxylation is 2. The van der Waals surface area contributed by atoms with Crippen LogP contribution in [0, 0.1) is 25.2 Å². The fraction of sp³-hybridized carbons (Fsp3) is 0.308. The molecule has 154 valence electrons. The van der Waals surface area contributed by atoms with Gasteiger partial charge in [0.25, 0.3) is 5.91 Å². The van der Waals surface area contributed by atoms with Crippen molar-refractivity contribution in [3.8, 4) is 6.07 Å². The summed E-state index contributed by atoms with van der Waals surface area (Å²) in [5.74, 6) is -0.397. The van der Waals surface area contributed by atoms with Crippen molar-refractivity contribution in [2.75, 3.05) is 16.8 Å². The van der Waals surface area contributed by atoms with E-state index >= 15 is 0 Å². The SMILES string of the molecule is CCN1c2ccc(/C=C(\C#N)C(=O)Nc3ccc(C)cc3C)cc2C(C)=CC1(C)C. The Morgan fingerprint density at radius 2 is 1.90 bits per heavy atom. The molecule has 0 atom stereocenters. The first-order valence-corrected chi connectivity index (χ1v) is 10.3. The first-order chi connectivity index (χ1) is 14.2. The molecule has 1 aliphatic rings. The Labute approximate surface area is 179 Å². The zero-order chi connectivity index (χ0) is 22.1. The number of likely N-dealkylation sites (N-methyl/N-ethyl adjacent to an activating group) is 1. The average Bonchev–Trinajstić information content (AvgIpc) is 2.68. The molecule has 0 fully saturated rings. The second-order valence-corrected chi connectivity index (χ2v) is 8.44. The van der Waals surface area contributed by atoms with Crippen molar-refractivity contribution in [1.82, 2.24) is 0 Å². The van der Waals surface area contributed by atoms with Gasteiger partial charge in [-0.1, -0.05) is 29.8 Å². The fourth-order valence-corrected chi connectivity index (χ4v) is 4.23. The van der Waals surface area contributed by atoms with Crippen LogP contribution < -0.4 is 10.2 Å². The number of hydrogen-bond donors (Lipinski definition) is 1. The molecule has 0 radical (unpaired) electrons. The Morgan fingerprint density at radius 3 is 2.53 bits per heavy atom. The van der Waals surface area contributed by atoms with Crippen LogP contribution in [-0.2, 0) is 4.79 Å². The van der Waals surface area contributed by atoms with Gasteiger partial charge in [0.1, 0.15) is 11.6 Å². The molecule has 4 nitrogen and oxygen atoms in total. The molecule has 1 N–H and O–H groups in total. The predicted octanol–water partition coefficient (Wildman–Crippen LogP) is 5.87. The number of rotatable bonds is 4. The first-order valence-electron chi connectivity index (χ1n) is 10.3. The van der Waals surface area contributed by atoms with Gasteiger partial charge in [-0.3, -0.25) is 4.79 Å². The molecule has 1 heterocycles.